The topological polar surface area (TPSA) is 57.9 Å². The summed E-state index contributed by atoms with van der Waals surface area (Å²) in [6.45, 7) is 15.0. The molecule has 0 aliphatic rings. The van der Waals surface area contributed by atoms with Crippen LogP contribution in [0.4, 0.5) is 0 Å². The molecule has 2 aromatic rings. The molecule has 0 atom stereocenters. The zero-order valence-electron chi connectivity index (χ0n) is 21.8. The smallest absolute Gasteiger partial charge is 0.383 e. The van der Waals surface area contributed by atoms with Gasteiger partial charge in [0, 0.05) is 6.07 Å². The van der Waals surface area contributed by atoms with E-state index >= 15 is 0 Å². The Morgan fingerprint density at radius 1 is 1.00 bits per heavy atom. The van der Waals surface area contributed by atoms with Crippen molar-refractivity contribution in [2.75, 3.05) is 13.2 Å². The zero-order valence-corrected chi connectivity index (χ0v) is 21.8. The minimum atomic E-state index is -0.556. The van der Waals surface area contributed by atoms with Crippen LogP contribution in [0.15, 0.2) is 62.9 Å². The molecule has 0 aliphatic heterocycles. The van der Waals surface area contributed by atoms with Crippen molar-refractivity contribution >= 4 is 11.0 Å². The van der Waals surface area contributed by atoms with Crippen molar-refractivity contribution < 1.29 is 18.6 Å². The quantitative estimate of drug-likeness (QED) is 0.181. The standard InChI is InChI=1S/C29H40O5/c1-8-9-10-11-18-31-27-26(32-19-17-22(4)14-12-13-21(2)3)24-16-15-23(34-29(5,6)7)20-25(24)33-28(27)30/h9-10,13,15-17,20H,8,11-12,14,18-19H2,1-7H3/b10-9+,22-17+. The Morgan fingerprint density at radius 3 is 2.44 bits per heavy atom. The number of rotatable bonds is 12. The average Bonchev–Trinajstić information content (AvgIpc) is 2.73. The molecule has 0 saturated carbocycles. The van der Waals surface area contributed by atoms with E-state index in [9.17, 15) is 4.79 Å². The van der Waals surface area contributed by atoms with Crippen LogP contribution >= 0.6 is 0 Å². The Morgan fingerprint density at radius 2 is 1.76 bits per heavy atom. The molecule has 2 rings (SSSR count). The van der Waals surface area contributed by atoms with Gasteiger partial charge in [-0.15, -0.1) is 0 Å². The van der Waals surface area contributed by atoms with Crippen molar-refractivity contribution in [3.8, 4) is 17.2 Å². The lowest BCUT2D eigenvalue weighted by Crippen LogP contribution is -2.22. The van der Waals surface area contributed by atoms with Crippen molar-refractivity contribution in [1.29, 1.82) is 0 Å². The van der Waals surface area contributed by atoms with E-state index in [-0.39, 0.29) is 11.4 Å². The van der Waals surface area contributed by atoms with E-state index in [4.69, 9.17) is 18.6 Å². The lowest BCUT2D eigenvalue weighted by molar-refractivity contribution is 0.131. The van der Waals surface area contributed by atoms with Gasteiger partial charge in [0.15, 0.2) is 5.75 Å². The van der Waals surface area contributed by atoms with E-state index in [0.29, 0.717) is 42.1 Å². The summed E-state index contributed by atoms with van der Waals surface area (Å²) in [6, 6.07) is 5.43. The van der Waals surface area contributed by atoms with Gasteiger partial charge in [0.2, 0.25) is 5.75 Å². The summed E-state index contributed by atoms with van der Waals surface area (Å²) >= 11 is 0. The maximum absolute atomic E-state index is 12.8. The van der Waals surface area contributed by atoms with Crippen LogP contribution < -0.4 is 19.8 Å². The van der Waals surface area contributed by atoms with Crippen LogP contribution in [0.2, 0.25) is 0 Å². The normalized spacial score (nSPS) is 12.3. The molecule has 1 aromatic heterocycles. The van der Waals surface area contributed by atoms with E-state index in [0.717, 1.165) is 19.3 Å². The first-order chi connectivity index (χ1) is 16.1. The first-order valence-corrected chi connectivity index (χ1v) is 12.1. The van der Waals surface area contributed by atoms with Gasteiger partial charge < -0.3 is 18.6 Å². The Labute approximate surface area is 204 Å². The average molecular weight is 469 g/mol. The van der Waals surface area contributed by atoms with Crippen LogP contribution in [-0.2, 0) is 0 Å². The Kier molecular flexibility index (Phi) is 10.5. The van der Waals surface area contributed by atoms with Crippen molar-refractivity contribution in [3.05, 3.63) is 64.1 Å². The summed E-state index contributed by atoms with van der Waals surface area (Å²) in [7, 11) is 0. The first kappa shape index (κ1) is 27.3. The summed E-state index contributed by atoms with van der Waals surface area (Å²) in [5.74, 6) is 1.14. The molecule has 0 aliphatic carbocycles. The summed E-state index contributed by atoms with van der Waals surface area (Å²) in [5, 5.41) is 0.676. The Balaban J connectivity index is 2.33. The highest BCUT2D eigenvalue weighted by Gasteiger charge is 2.19. The van der Waals surface area contributed by atoms with Crippen LogP contribution in [0, 0.1) is 0 Å². The molecule has 34 heavy (non-hydrogen) atoms. The van der Waals surface area contributed by atoms with Gasteiger partial charge in [-0.25, -0.2) is 4.79 Å². The third-order valence-corrected chi connectivity index (χ3v) is 4.90. The van der Waals surface area contributed by atoms with E-state index in [1.165, 1.54) is 11.1 Å². The van der Waals surface area contributed by atoms with Crippen LogP contribution in [0.5, 0.6) is 17.2 Å². The Bertz CT molecular complexity index is 1080. The third-order valence-electron chi connectivity index (χ3n) is 4.90. The van der Waals surface area contributed by atoms with Gasteiger partial charge in [-0.3, -0.25) is 0 Å². The fourth-order valence-corrected chi connectivity index (χ4v) is 3.29. The van der Waals surface area contributed by atoms with E-state index in [1.54, 1.807) is 6.07 Å². The molecule has 0 radical (unpaired) electrons. The molecule has 1 aromatic carbocycles. The van der Waals surface area contributed by atoms with Crippen molar-refractivity contribution in [2.45, 2.75) is 79.8 Å². The number of ether oxygens (including phenoxy) is 3. The molecule has 0 spiro atoms. The SMILES string of the molecule is CC/C=C/CCOc1c(OC/C=C(\C)CCC=C(C)C)c2ccc(OC(C)(C)C)cc2oc1=O. The molecular weight excluding hydrogens is 428 g/mol. The second-order valence-corrected chi connectivity index (χ2v) is 9.62. The highest BCUT2D eigenvalue weighted by Crippen LogP contribution is 2.35. The molecule has 5 heteroatoms. The van der Waals surface area contributed by atoms with Gasteiger partial charge in [0.1, 0.15) is 23.5 Å². The maximum atomic E-state index is 12.8. The molecule has 0 amide bonds. The summed E-state index contributed by atoms with van der Waals surface area (Å²) < 4.78 is 23.5. The van der Waals surface area contributed by atoms with Crippen LogP contribution in [-0.4, -0.2) is 18.8 Å². The molecule has 0 N–H and O–H groups in total. The molecule has 186 valence electrons. The van der Waals surface area contributed by atoms with Gasteiger partial charge in [-0.05, 0) is 85.4 Å². The number of benzene rings is 1. The summed E-state index contributed by atoms with van der Waals surface area (Å²) in [5.41, 5.74) is 2.04. The monoisotopic (exact) mass is 468 g/mol. The van der Waals surface area contributed by atoms with E-state index in [1.807, 2.05) is 45.1 Å². The van der Waals surface area contributed by atoms with Crippen LogP contribution in [0.1, 0.15) is 74.1 Å². The number of fused-ring (bicyclic) bond motifs is 1. The predicted octanol–water partition coefficient (Wildman–Crippen LogP) is 7.78. The first-order valence-electron chi connectivity index (χ1n) is 12.1. The lowest BCUT2D eigenvalue weighted by atomic mass is 10.1. The predicted molar refractivity (Wildman–Crippen MR) is 140 cm³/mol. The zero-order chi connectivity index (χ0) is 25.1. The maximum Gasteiger partial charge on any atom is 0.383 e. The number of hydrogen-bond donors (Lipinski definition) is 0. The molecule has 0 unspecified atom stereocenters. The largest absolute Gasteiger partial charge is 0.488 e. The van der Waals surface area contributed by atoms with E-state index < -0.39 is 5.63 Å². The molecular formula is C29H40O5. The summed E-state index contributed by atoms with van der Waals surface area (Å²) in [6.07, 6.45) is 12.0. The van der Waals surface area contributed by atoms with Crippen molar-refractivity contribution in [3.63, 3.8) is 0 Å². The second-order valence-electron chi connectivity index (χ2n) is 9.62. The van der Waals surface area contributed by atoms with Gasteiger partial charge in [-0.1, -0.05) is 36.3 Å². The van der Waals surface area contributed by atoms with E-state index in [2.05, 4.69) is 39.8 Å². The fourth-order valence-electron chi connectivity index (χ4n) is 3.29. The minimum Gasteiger partial charge on any atom is -0.488 e. The minimum absolute atomic E-state index is 0.109. The lowest BCUT2D eigenvalue weighted by Gasteiger charge is -2.21. The van der Waals surface area contributed by atoms with Gasteiger partial charge in [-0.2, -0.15) is 0 Å². The number of hydrogen-bond acceptors (Lipinski definition) is 5. The molecule has 1 heterocycles. The van der Waals surface area contributed by atoms with Gasteiger partial charge in [0.25, 0.3) is 0 Å². The molecule has 5 nitrogen and oxygen atoms in total. The molecule has 0 bridgehead atoms. The van der Waals surface area contributed by atoms with Gasteiger partial charge >= 0.3 is 5.63 Å². The van der Waals surface area contributed by atoms with Gasteiger partial charge in [0.05, 0.1) is 12.0 Å². The Hall–Kier alpha value is -2.95. The number of allylic oxidation sites excluding steroid dienone is 4. The fraction of sp³-hybridized carbons (Fsp3) is 0.483. The third kappa shape index (κ3) is 9.12. The van der Waals surface area contributed by atoms with Crippen LogP contribution in [0.3, 0.4) is 0 Å². The molecule has 0 fully saturated rings. The van der Waals surface area contributed by atoms with Crippen molar-refractivity contribution in [1.82, 2.24) is 0 Å². The summed E-state index contributed by atoms with van der Waals surface area (Å²) in [4.78, 5) is 12.8. The second kappa shape index (κ2) is 13.1. The highest BCUT2D eigenvalue weighted by molar-refractivity contribution is 5.86. The van der Waals surface area contributed by atoms with Crippen molar-refractivity contribution in [2.24, 2.45) is 0 Å². The molecule has 0 saturated heterocycles. The van der Waals surface area contributed by atoms with Crippen LogP contribution in [0.25, 0.3) is 11.0 Å². The highest BCUT2D eigenvalue weighted by atomic mass is 16.5.